The van der Waals surface area contributed by atoms with Crippen LogP contribution in [-0.2, 0) is 10.2 Å². The molecule has 1 aromatic rings. The van der Waals surface area contributed by atoms with E-state index in [2.05, 4.69) is 21.3 Å². The van der Waals surface area contributed by atoms with Crippen molar-refractivity contribution in [2.75, 3.05) is 31.5 Å². The van der Waals surface area contributed by atoms with E-state index in [4.69, 9.17) is 5.73 Å². The number of likely N-dealkylation sites (tertiary alicyclic amines) is 2. The molecule has 1 spiro atoms. The molecule has 0 radical (unpaired) electrons. The highest BCUT2D eigenvalue weighted by Gasteiger charge is 2.48. The second-order valence-electron chi connectivity index (χ2n) is 8.23. The number of hydrogen-bond acceptors (Lipinski definition) is 3. The molecule has 4 rings (SSSR count). The van der Waals surface area contributed by atoms with Crippen LogP contribution < -0.4 is 11.1 Å². The van der Waals surface area contributed by atoms with Crippen LogP contribution >= 0.6 is 0 Å². The van der Waals surface area contributed by atoms with E-state index in [-0.39, 0.29) is 17.4 Å². The Morgan fingerprint density at radius 1 is 1.18 bits per heavy atom. The molecule has 3 amide bonds. The van der Waals surface area contributed by atoms with Gasteiger partial charge in [-0.3, -0.25) is 4.79 Å². The minimum absolute atomic E-state index is 0.154. The summed E-state index contributed by atoms with van der Waals surface area (Å²) in [6.45, 7) is 4.92. The highest BCUT2D eigenvalue weighted by atomic mass is 16.2. The molecule has 7 nitrogen and oxygen atoms in total. The zero-order valence-corrected chi connectivity index (χ0v) is 16.5. The van der Waals surface area contributed by atoms with Crippen LogP contribution in [0.1, 0.15) is 44.6 Å². The Balaban J connectivity index is 1.39. The average molecular weight is 383 g/mol. The van der Waals surface area contributed by atoms with Crippen LogP contribution in [0.4, 0.5) is 10.5 Å². The number of nitrogens with one attached hydrogen (secondary N) is 1. The normalized spacial score (nSPS) is 25.3. The predicted molar refractivity (Wildman–Crippen MR) is 109 cm³/mol. The van der Waals surface area contributed by atoms with Gasteiger partial charge in [-0.2, -0.15) is 4.99 Å². The number of carbonyl (C=O) groups is 2. The summed E-state index contributed by atoms with van der Waals surface area (Å²) in [5, 5.41) is 3.07. The molecule has 7 heteroatoms. The fraction of sp³-hybridized carbons (Fsp3) is 0.571. The fourth-order valence-corrected chi connectivity index (χ4v) is 5.00. The van der Waals surface area contributed by atoms with Gasteiger partial charge in [0, 0.05) is 24.8 Å². The standard InChI is InChI=1S/C21H29N5O2/c1-15(22)23-20(28)26-11-4-5-16(8-12-26)25-13-9-21(10-14-25)17-6-2-3-7-18(17)24-19(21)27/h2-3,6-7,16H,4-5,8-14H2,1H3,(H,24,27)(H2,22,23,28). The number of benzene rings is 1. The molecule has 0 bridgehead atoms. The van der Waals surface area contributed by atoms with Crippen LogP contribution in [0.25, 0.3) is 0 Å². The van der Waals surface area contributed by atoms with Crippen LogP contribution in [0.15, 0.2) is 29.3 Å². The SMILES string of the molecule is C/C(N)=N/C(=O)N1CCCC(N2CCC3(CC2)C(=O)Nc2ccccc23)CC1. The molecule has 3 heterocycles. The van der Waals surface area contributed by atoms with Gasteiger partial charge in [0.15, 0.2) is 0 Å². The molecule has 0 aromatic heterocycles. The lowest BCUT2D eigenvalue weighted by Gasteiger charge is -2.41. The molecule has 0 saturated carbocycles. The maximum Gasteiger partial charge on any atom is 0.345 e. The van der Waals surface area contributed by atoms with Gasteiger partial charge in [-0.25, -0.2) is 4.79 Å². The van der Waals surface area contributed by atoms with Crippen molar-refractivity contribution in [3.63, 3.8) is 0 Å². The van der Waals surface area contributed by atoms with Gasteiger partial charge in [0.1, 0.15) is 5.84 Å². The summed E-state index contributed by atoms with van der Waals surface area (Å²) in [4.78, 5) is 33.1. The van der Waals surface area contributed by atoms with Gasteiger partial charge in [0.05, 0.1) is 5.41 Å². The molecule has 28 heavy (non-hydrogen) atoms. The molecule has 1 atom stereocenters. The van der Waals surface area contributed by atoms with Crippen LogP contribution in [0.2, 0.25) is 0 Å². The Bertz CT molecular complexity index is 794. The Morgan fingerprint density at radius 2 is 1.93 bits per heavy atom. The van der Waals surface area contributed by atoms with Crippen LogP contribution in [0.5, 0.6) is 0 Å². The van der Waals surface area contributed by atoms with Crippen LogP contribution in [-0.4, -0.2) is 59.8 Å². The molecule has 1 aromatic carbocycles. The summed E-state index contributed by atoms with van der Waals surface area (Å²) in [6, 6.07) is 8.32. The zero-order valence-electron chi connectivity index (χ0n) is 16.5. The Labute approximate surface area is 166 Å². The molecule has 3 aliphatic heterocycles. The van der Waals surface area contributed by atoms with E-state index < -0.39 is 0 Å². The van der Waals surface area contributed by atoms with Crippen molar-refractivity contribution in [1.29, 1.82) is 0 Å². The molecule has 150 valence electrons. The highest BCUT2D eigenvalue weighted by molar-refractivity contribution is 6.06. The van der Waals surface area contributed by atoms with Crippen molar-refractivity contribution in [3.8, 4) is 0 Å². The minimum Gasteiger partial charge on any atom is -0.387 e. The summed E-state index contributed by atoms with van der Waals surface area (Å²) in [5.74, 6) is 0.461. The third kappa shape index (κ3) is 3.39. The monoisotopic (exact) mass is 383 g/mol. The summed E-state index contributed by atoms with van der Waals surface area (Å²) in [5.41, 5.74) is 7.31. The van der Waals surface area contributed by atoms with Gasteiger partial charge in [-0.15, -0.1) is 0 Å². The molecular weight excluding hydrogens is 354 g/mol. The number of aliphatic imine (C=N–C) groups is 1. The first-order valence-electron chi connectivity index (χ1n) is 10.2. The van der Waals surface area contributed by atoms with E-state index in [1.807, 2.05) is 23.1 Å². The number of nitrogens with two attached hydrogens (primary N) is 1. The number of hydrogen-bond donors (Lipinski definition) is 2. The molecule has 2 fully saturated rings. The Kier molecular flexibility index (Phi) is 5.10. The largest absolute Gasteiger partial charge is 0.387 e. The van der Waals surface area contributed by atoms with Gasteiger partial charge in [-0.1, -0.05) is 18.2 Å². The van der Waals surface area contributed by atoms with Crippen molar-refractivity contribution in [2.45, 2.75) is 50.5 Å². The lowest BCUT2D eigenvalue weighted by molar-refractivity contribution is -0.122. The summed E-state index contributed by atoms with van der Waals surface area (Å²) in [7, 11) is 0. The Morgan fingerprint density at radius 3 is 2.68 bits per heavy atom. The second-order valence-corrected chi connectivity index (χ2v) is 8.23. The van der Waals surface area contributed by atoms with E-state index in [0.717, 1.165) is 63.0 Å². The smallest absolute Gasteiger partial charge is 0.345 e. The van der Waals surface area contributed by atoms with Crippen molar-refractivity contribution in [3.05, 3.63) is 29.8 Å². The zero-order chi connectivity index (χ0) is 19.7. The van der Waals surface area contributed by atoms with Gasteiger partial charge >= 0.3 is 6.03 Å². The van der Waals surface area contributed by atoms with Crippen molar-refractivity contribution in [1.82, 2.24) is 9.80 Å². The topological polar surface area (TPSA) is 91.0 Å². The first kappa shape index (κ1) is 18.9. The molecule has 3 aliphatic rings. The first-order chi connectivity index (χ1) is 13.5. The van der Waals surface area contributed by atoms with Crippen molar-refractivity contribution < 1.29 is 9.59 Å². The maximum absolute atomic E-state index is 12.8. The number of fused-ring (bicyclic) bond motifs is 2. The van der Waals surface area contributed by atoms with Gasteiger partial charge in [-0.05, 0) is 63.7 Å². The molecule has 0 aliphatic carbocycles. The molecular formula is C21H29N5O2. The van der Waals surface area contributed by atoms with Crippen molar-refractivity contribution in [2.24, 2.45) is 10.7 Å². The van der Waals surface area contributed by atoms with E-state index in [9.17, 15) is 9.59 Å². The quantitative estimate of drug-likeness (QED) is 0.575. The number of amides is 3. The van der Waals surface area contributed by atoms with E-state index in [1.54, 1.807) is 6.92 Å². The number of para-hydroxylation sites is 1. The third-order valence-corrected chi connectivity index (χ3v) is 6.53. The van der Waals surface area contributed by atoms with E-state index in [0.29, 0.717) is 18.4 Å². The molecule has 3 N–H and O–H groups in total. The van der Waals surface area contributed by atoms with Crippen molar-refractivity contribution >= 4 is 23.5 Å². The number of piperidine rings is 1. The first-order valence-corrected chi connectivity index (χ1v) is 10.2. The third-order valence-electron chi connectivity index (χ3n) is 6.53. The van der Waals surface area contributed by atoms with Gasteiger partial charge in [0.2, 0.25) is 5.91 Å². The number of urea groups is 1. The summed E-state index contributed by atoms with van der Waals surface area (Å²) in [6.07, 6.45) is 4.70. The maximum atomic E-state index is 12.8. The minimum atomic E-state index is -0.368. The highest BCUT2D eigenvalue weighted by Crippen LogP contribution is 2.45. The molecule has 2 saturated heterocycles. The average Bonchev–Trinajstić information content (AvgIpc) is 2.84. The van der Waals surface area contributed by atoms with E-state index >= 15 is 0 Å². The number of rotatable bonds is 1. The predicted octanol–water partition coefficient (Wildman–Crippen LogP) is 2.32. The fourth-order valence-electron chi connectivity index (χ4n) is 5.00. The lowest BCUT2D eigenvalue weighted by atomic mass is 9.73. The number of amidine groups is 1. The summed E-state index contributed by atoms with van der Waals surface area (Å²) < 4.78 is 0. The summed E-state index contributed by atoms with van der Waals surface area (Å²) >= 11 is 0. The van der Waals surface area contributed by atoms with Gasteiger partial charge < -0.3 is 20.9 Å². The lowest BCUT2D eigenvalue weighted by Crippen LogP contribution is -2.49. The number of nitrogens with zero attached hydrogens (tertiary/aromatic N) is 3. The number of carbonyl (C=O) groups excluding carboxylic acids is 2. The van der Waals surface area contributed by atoms with Crippen LogP contribution in [0.3, 0.4) is 0 Å². The second kappa shape index (κ2) is 7.54. The number of anilines is 1. The molecule has 1 unspecified atom stereocenters. The van der Waals surface area contributed by atoms with Crippen LogP contribution in [0, 0.1) is 0 Å². The Hall–Kier alpha value is -2.41. The van der Waals surface area contributed by atoms with Gasteiger partial charge in [0.25, 0.3) is 0 Å². The van der Waals surface area contributed by atoms with E-state index in [1.165, 1.54) is 0 Å².